The summed E-state index contributed by atoms with van der Waals surface area (Å²) in [5, 5.41) is 27.4. The van der Waals surface area contributed by atoms with Gasteiger partial charge in [-0.3, -0.25) is 0 Å². The number of nitriles is 2. The van der Waals surface area contributed by atoms with Crippen LogP contribution in [0.25, 0.3) is 93.6 Å². The molecule has 3 heterocycles. The highest BCUT2D eigenvalue weighted by Gasteiger charge is 2.20. The van der Waals surface area contributed by atoms with Crippen LogP contribution in [0.2, 0.25) is 0 Å². The summed E-state index contributed by atoms with van der Waals surface area (Å²) in [5.41, 5.74) is 12.5. The molecule has 0 aliphatic carbocycles. The Kier molecular flexibility index (Phi) is 6.61. The average molecular weight is 700 g/mol. The molecule has 0 bridgehead atoms. The van der Waals surface area contributed by atoms with Crippen LogP contribution in [0.5, 0.6) is 0 Å². The molecule has 0 spiro atoms. The summed E-state index contributed by atoms with van der Waals surface area (Å²) in [4.78, 5) is 0. The maximum absolute atomic E-state index is 10.7. The van der Waals surface area contributed by atoms with Gasteiger partial charge >= 0.3 is 0 Å². The van der Waals surface area contributed by atoms with Crippen molar-refractivity contribution in [2.45, 2.75) is 0 Å². The lowest BCUT2D eigenvalue weighted by Crippen LogP contribution is -2.00. The highest BCUT2D eigenvalue weighted by molar-refractivity contribution is 6.13. The summed E-state index contributed by atoms with van der Waals surface area (Å²) < 4.78 is 6.83. The van der Waals surface area contributed by atoms with Gasteiger partial charge in [-0.25, -0.2) is 0 Å². The van der Waals surface area contributed by atoms with E-state index in [2.05, 4.69) is 159 Å². The number of benzene rings is 8. The van der Waals surface area contributed by atoms with Crippen LogP contribution in [-0.4, -0.2) is 13.7 Å². The molecule has 8 aromatic carbocycles. The third-order valence-electron chi connectivity index (χ3n) is 11.1. The molecule has 5 nitrogen and oxygen atoms in total. The van der Waals surface area contributed by atoms with Gasteiger partial charge in [0.15, 0.2) is 0 Å². The number of rotatable bonds is 4. The van der Waals surface area contributed by atoms with E-state index < -0.39 is 0 Å². The van der Waals surface area contributed by atoms with E-state index in [0.717, 1.165) is 61.0 Å². The van der Waals surface area contributed by atoms with E-state index in [-0.39, 0.29) is 0 Å². The summed E-state index contributed by atoms with van der Waals surface area (Å²) in [6.07, 6.45) is 0. The lowest BCUT2D eigenvalue weighted by atomic mass is 10.00. The van der Waals surface area contributed by atoms with Gasteiger partial charge in [0.05, 0.1) is 61.7 Å². The maximum atomic E-state index is 10.7. The van der Waals surface area contributed by atoms with Crippen LogP contribution in [-0.2, 0) is 0 Å². The second kappa shape index (κ2) is 11.8. The first-order valence-electron chi connectivity index (χ1n) is 18.3. The highest BCUT2D eigenvalue weighted by atomic mass is 15.0. The summed E-state index contributed by atoms with van der Waals surface area (Å²) >= 11 is 0. The van der Waals surface area contributed by atoms with Crippen molar-refractivity contribution in [3.8, 4) is 40.3 Å². The fourth-order valence-corrected chi connectivity index (χ4v) is 8.76. The minimum atomic E-state index is 0.551. The molecule has 0 fully saturated rings. The van der Waals surface area contributed by atoms with Crippen LogP contribution in [0.3, 0.4) is 0 Å². The molecule has 0 amide bonds. The lowest BCUT2D eigenvalue weighted by molar-refractivity contribution is 1.16. The zero-order valence-electron chi connectivity index (χ0n) is 29.5. The van der Waals surface area contributed by atoms with E-state index in [1.807, 2.05) is 42.5 Å². The molecule has 0 saturated heterocycles. The van der Waals surface area contributed by atoms with Crippen LogP contribution >= 0.6 is 0 Å². The molecule has 0 radical (unpaired) electrons. The fourth-order valence-electron chi connectivity index (χ4n) is 8.76. The SMILES string of the molecule is N#Cc1ccc2c3ccccc3n(-c3ccc(-c4ccccc4-n4c5ccccc5c5cc(-n6c7ccccc7c7ccccc76)ccc54)cc3C#N)c2c1. The third kappa shape index (κ3) is 4.45. The second-order valence-electron chi connectivity index (χ2n) is 14.0. The van der Waals surface area contributed by atoms with Gasteiger partial charge in [-0.05, 0) is 78.4 Å². The predicted octanol–water partition coefficient (Wildman–Crippen LogP) is 12.4. The fraction of sp³-hybridized carbons (Fsp3) is 0. The van der Waals surface area contributed by atoms with E-state index >= 15 is 0 Å². The minimum absolute atomic E-state index is 0.551. The molecular weight excluding hydrogens is 671 g/mol. The molecule has 11 rings (SSSR count). The average Bonchev–Trinajstić information content (AvgIpc) is 3.88. The maximum Gasteiger partial charge on any atom is 0.101 e. The molecule has 0 aliphatic rings. The number of para-hydroxylation sites is 5. The Bertz CT molecular complexity index is 3420. The minimum Gasteiger partial charge on any atom is -0.309 e. The van der Waals surface area contributed by atoms with E-state index in [1.54, 1.807) is 0 Å². The van der Waals surface area contributed by atoms with Crippen molar-refractivity contribution in [2.24, 2.45) is 0 Å². The van der Waals surface area contributed by atoms with Crippen LogP contribution in [0.1, 0.15) is 11.1 Å². The Morgan fingerprint density at radius 1 is 0.345 bits per heavy atom. The van der Waals surface area contributed by atoms with Gasteiger partial charge in [0, 0.05) is 43.6 Å². The van der Waals surface area contributed by atoms with Gasteiger partial charge in [-0.1, -0.05) is 103 Å². The van der Waals surface area contributed by atoms with E-state index in [0.29, 0.717) is 11.1 Å². The Morgan fingerprint density at radius 3 is 1.51 bits per heavy atom. The Labute approximate surface area is 316 Å². The van der Waals surface area contributed by atoms with Crippen LogP contribution in [0.4, 0.5) is 0 Å². The normalized spacial score (nSPS) is 11.6. The van der Waals surface area contributed by atoms with Gasteiger partial charge < -0.3 is 13.7 Å². The quantitative estimate of drug-likeness (QED) is 0.184. The summed E-state index contributed by atoms with van der Waals surface area (Å²) in [6.45, 7) is 0. The first-order chi connectivity index (χ1) is 27.2. The monoisotopic (exact) mass is 699 g/mol. The highest BCUT2D eigenvalue weighted by Crippen LogP contribution is 2.40. The zero-order valence-corrected chi connectivity index (χ0v) is 29.5. The summed E-state index contributed by atoms with van der Waals surface area (Å²) in [5.74, 6) is 0. The van der Waals surface area contributed by atoms with Crippen molar-refractivity contribution in [3.63, 3.8) is 0 Å². The van der Waals surface area contributed by atoms with Crippen molar-refractivity contribution >= 4 is 65.4 Å². The smallest absolute Gasteiger partial charge is 0.101 e. The lowest BCUT2D eigenvalue weighted by Gasteiger charge is -2.16. The van der Waals surface area contributed by atoms with Crippen molar-refractivity contribution in [3.05, 3.63) is 187 Å². The third-order valence-corrected chi connectivity index (χ3v) is 11.1. The molecule has 0 N–H and O–H groups in total. The second-order valence-corrected chi connectivity index (χ2v) is 14.0. The van der Waals surface area contributed by atoms with Crippen molar-refractivity contribution < 1.29 is 0 Å². The zero-order chi connectivity index (χ0) is 36.6. The van der Waals surface area contributed by atoms with E-state index in [4.69, 9.17) is 0 Å². The van der Waals surface area contributed by atoms with Gasteiger partial charge in [0.25, 0.3) is 0 Å². The molecule has 3 aromatic heterocycles. The number of hydrogen-bond donors (Lipinski definition) is 0. The van der Waals surface area contributed by atoms with Crippen LogP contribution in [0, 0.1) is 22.7 Å². The first kappa shape index (κ1) is 30.7. The van der Waals surface area contributed by atoms with Gasteiger partial charge in [0.2, 0.25) is 0 Å². The van der Waals surface area contributed by atoms with Crippen molar-refractivity contribution in [1.29, 1.82) is 10.5 Å². The molecule has 0 unspecified atom stereocenters. The molecular formula is C50H29N5. The van der Waals surface area contributed by atoms with E-state index in [1.165, 1.54) is 32.6 Å². The van der Waals surface area contributed by atoms with Crippen LogP contribution in [0.15, 0.2) is 176 Å². The number of fused-ring (bicyclic) bond motifs is 9. The largest absolute Gasteiger partial charge is 0.309 e. The molecule has 5 heteroatoms. The van der Waals surface area contributed by atoms with Crippen molar-refractivity contribution in [1.82, 2.24) is 13.7 Å². The first-order valence-corrected chi connectivity index (χ1v) is 18.3. The van der Waals surface area contributed by atoms with Crippen molar-refractivity contribution in [2.75, 3.05) is 0 Å². The van der Waals surface area contributed by atoms with Gasteiger partial charge in [-0.15, -0.1) is 0 Å². The van der Waals surface area contributed by atoms with Gasteiger partial charge in [-0.2, -0.15) is 10.5 Å². The number of aromatic nitrogens is 3. The Hall–Kier alpha value is -7.86. The van der Waals surface area contributed by atoms with E-state index in [9.17, 15) is 10.5 Å². The molecule has 0 atom stereocenters. The topological polar surface area (TPSA) is 62.4 Å². The Morgan fingerprint density at radius 2 is 0.873 bits per heavy atom. The summed E-state index contributed by atoms with van der Waals surface area (Å²) in [6, 6.07) is 66.0. The van der Waals surface area contributed by atoms with Crippen LogP contribution < -0.4 is 0 Å². The summed E-state index contributed by atoms with van der Waals surface area (Å²) in [7, 11) is 0. The van der Waals surface area contributed by atoms with Gasteiger partial charge in [0.1, 0.15) is 6.07 Å². The molecule has 254 valence electrons. The standard InChI is InChI=1S/C50H29N5/c51-30-32-21-24-41-39-14-4-9-19-47(39)54(50(41)27-32)43-25-22-33(28-34(43)31-52)36-11-1-6-16-44(36)55-48-20-10-5-15-40(48)42-29-35(23-26-49(42)55)53-45-17-7-2-12-37(45)38-13-3-8-18-46(38)53/h1-29H. The molecule has 0 aliphatic heterocycles. The number of nitrogens with zero attached hydrogens (tertiary/aromatic N) is 5. The predicted molar refractivity (Wildman–Crippen MR) is 224 cm³/mol. The molecule has 11 aromatic rings. The Balaban J connectivity index is 1.11. The molecule has 55 heavy (non-hydrogen) atoms. The number of hydrogen-bond acceptors (Lipinski definition) is 2. The molecule has 0 saturated carbocycles.